The molecule has 0 atom stereocenters. The molecule has 1 aliphatic rings. The van der Waals surface area contributed by atoms with E-state index in [0.29, 0.717) is 6.04 Å². The van der Waals surface area contributed by atoms with Crippen LogP contribution in [-0.2, 0) is 11.3 Å². The maximum Gasteiger partial charge on any atom is 0.207 e. The molecule has 1 aromatic carbocycles. The molecule has 1 amide bonds. The highest BCUT2D eigenvalue weighted by Gasteiger charge is 2.18. The lowest BCUT2D eigenvalue weighted by molar-refractivity contribution is -0.110. The number of rotatable bonds is 4. The van der Waals surface area contributed by atoms with E-state index in [4.69, 9.17) is 0 Å². The number of nitrogens with one attached hydrogen (secondary N) is 1. The fourth-order valence-corrected chi connectivity index (χ4v) is 2.20. The van der Waals surface area contributed by atoms with Gasteiger partial charge in [0.25, 0.3) is 0 Å². The zero-order valence-corrected chi connectivity index (χ0v) is 9.43. The monoisotopic (exact) mass is 218 g/mol. The lowest BCUT2D eigenvalue weighted by atomic mass is 10.0. The minimum absolute atomic E-state index is 0.379. The van der Waals surface area contributed by atoms with E-state index in [1.54, 1.807) is 0 Å². The van der Waals surface area contributed by atoms with E-state index < -0.39 is 0 Å². The molecule has 0 radical (unpaired) electrons. The van der Waals surface area contributed by atoms with Crippen LogP contribution in [-0.4, -0.2) is 30.4 Å². The van der Waals surface area contributed by atoms with E-state index in [1.807, 2.05) is 6.07 Å². The first kappa shape index (κ1) is 11.1. The summed E-state index contributed by atoms with van der Waals surface area (Å²) >= 11 is 0. The summed E-state index contributed by atoms with van der Waals surface area (Å²) in [6, 6.07) is 10.9. The second-order valence-electron chi connectivity index (χ2n) is 4.32. The zero-order chi connectivity index (χ0) is 11.2. The number of piperidine rings is 1. The van der Waals surface area contributed by atoms with Crippen LogP contribution in [0.25, 0.3) is 0 Å². The van der Waals surface area contributed by atoms with Crippen molar-refractivity contribution in [3.63, 3.8) is 0 Å². The minimum atomic E-state index is 0.379. The average molecular weight is 218 g/mol. The molecule has 3 heteroatoms. The number of hydrogen-bond donors (Lipinski definition) is 1. The van der Waals surface area contributed by atoms with Crippen LogP contribution in [0.1, 0.15) is 18.4 Å². The lowest BCUT2D eigenvalue weighted by Crippen LogP contribution is -2.41. The van der Waals surface area contributed by atoms with Gasteiger partial charge in [-0.15, -0.1) is 0 Å². The Morgan fingerprint density at radius 1 is 1.25 bits per heavy atom. The molecule has 3 nitrogen and oxygen atoms in total. The van der Waals surface area contributed by atoms with E-state index in [9.17, 15) is 4.79 Å². The van der Waals surface area contributed by atoms with Crippen LogP contribution in [0.4, 0.5) is 0 Å². The summed E-state index contributed by atoms with van der Waals surface area (Å²) in [5.74, 6) is 0. The molecule has 1 fully saturated rings. The summed E-state index contributed by atoms with van der Waals surface area (Å²) in [7, 11) is 0. The predicted octanol–water partition coefficient (Wildman–Crippen LogP) is 1.40. The summed E-state index contributed by atoms with van der Waals surface area (Å²) < 4.78 is 0. The van der Waals surface area contributed by atoms with Gasteiger partial charge in [-0.3, -0.25) is 9.69 Å². The molecule has 0 bridgehead atoms. The Labute approximate surface area is 96.5 Å². The molecule has 1 saturated heterocycles. The van der Waals surface area contributed by atoms with Crippen molar-refractivity contribution < 1.29 is 4.79 Å². The first-order valence-corrected chi connectivity index (χ1v) is 5.84. The number of likely N-dealkylation sites (tertiary alicyclic amines) is 1. The molecular formula is C13H18N2O. The number of benzene rings is 1. The van der Waals surface area contributed by atoms with Crippen LogP contribution >= 0.6 is 0 Å². The molecule has 1 aromatic rings. The molecule has 0 spiro atoms. The van der Waals surface area contributed by atoms with Crippen LogP contribution in [0.15, 0.2) is 30.3 Å². The highest BCUT2D eigenvalue weighted by Crippen LogP contribution is 2.13. The third-order valence-corrected chi connectivity index (χ3v) is 3.14. The molecule has 1 N–H and O–H groups in total. The molecule has 0 aliphatic carbocycles. The highest BCUT2D eigenvalue weighted by atomic mass is 16.1. The molecule has 2 rings (SSSR count). The Bertz CT molecular complexity index is 318. The molecule has 16 heavy (non-hydrogen) atoms. The quantitative estimate of drug-likeness (QED) is 0.775. The van der Waals surface area contributed by atoms with Crippen molar-refractivity contribution >= 4 is 6.41 Å². The van der Waals surface area contributed by atoms with Crippen molar-refractivity contribution in [3.05, 3.63) is 35.9 Å². The molecule has 0 saturated carbocycles. The van der Waals surface area contributed by atoms with Gasteiger partial charge in [0.2, 0.25) is 6.41 Å². The normalized spacial score (nSPS) is 18.2. The van der Waals surface area contributed by atoms with Crippen molar-refractivity contribution in [2.75, 3.05) is 13.1 Å². The maximum atomic E-state index is 10.3. The number of carbonyl (C=O) groups is 1. The highest BCUT2D eigenvalue weighted by molar-refractivity contribution is 5.46. The maximum absolute atomic E-state index is 10.3. The SMILES string of the molecule is O=CNC1CCN(Cc2ccccc2)CC1. The Morgan fingerprint density at radius 2 is 1.94 bits per heavy atom. The molecular weight excluding hydrogens is 200 g/mol. The van der Waals surface area contributed by atoms with Gasteiger partial charge >= 0.3 is 0 Å². The summed E-state index contributed by atoms with van der Waals surface area (Å²) in [5, 5.41) is 2.86. The minimum Gasteiger partial charge on any atom is -0.356 e. The van der Waals surface area contributed by atoms with E-state index in [0.717, 1.165) is 38.9 Å². The van der Waals surface area contributed by atoms with E-state index in [-0.39, 0.29) is 0 Å². The van der Waals surface area contributed by atoms with Crippen LogP contribution in [0.3, 0.4) is 0 Å². The Hall–Kier alpha value is -1.35. The van der Waals surface area contributed by atoms with Gasteiger partial charge in [0.1, 0.15) is 0 Å². The summed E-state index contributed by atoms with van der Waals surface area (Å²) in [6.07, 6.45) is 2.94. The van der Waals surface area contributed by atoms with Gasteiger partial charge < -0.3 is 5.32 Å². The number of amides is 1. The smallest absolute Gasteiger partial charge is 0.207 e. The Balaban J connectivity index is 1.79. The Morgan fingerprint density at radius 3 is 2.56 bits per heavy atom. The third kappa shape index (κ3) is 3.07. The van der Waals surface area contributed by atoms with Crippen molar-refractivity contribution in [3.8, 4) is 0 Å². The summed E-state index contributed by atoms with van der Waals surface area (Å²) in [6.45, 7) is 3.16. The van der Waals surface area contributed by atoms with Crippen molar-refractivity contribution in [1.29, 1.82) is 0 Å². The standard InChI is InChI=1S/C13H18N2O/c16-11-14-13-6-8-15(9-7-13)10-12-4-2-1-3-5-12/h1-5,11,13H,6-10H2,(H,14,16). The van der Waals surface area contributed by atoms with Crippen LogP contribution in [0.2, 0.25) is 0 Å². The van der Waals surface area contributed by atoms with Gasteiger partial charge in [-0.05, 0) is 18.4 Å². The van der Waals surface area contributed by atoms with Gasteiger partial charge in [-0.25, -0.2) is 0 Å². The molecule has 0 unspecified atom stereocenters. The molecule has 0 aromatic heterocycles. The fraction of sp³-hybridized carbons (Fsp3) is 0.462. The average Bonchev–Trinajstić information content (AvgIpc) is 2.33. The largest absolute Gasteiger partial charge is 0.356 e. The predicted molar refractivity (Wildman–Crippen MR) is 63.9 cm³/mol. The number of carbonyl (C=O) groups excluding carboxylic acids is 1. The molecule has 1 heterocycles. The van der Waals surface area contributed by atoms with Gasteiger partial charge in [-0.2, -0.15) is 0 Å². The van der Waals surface area contributed by atoms with E-state index in [2.05, 4.69) is 34.5 Å². The van der Waals surface area contributed by atoms with Crippen LogP contribution in [0.5, 0.6) is 0 Å². The van der Waals surface area contributed by atoms with Crippen molar-refractivity contribution in [2.45, 2.75) is 25.4 Å². The van der Waals surface area contributed by atoms with Gasteiger partial charge in [0, 0.05) is 25.7 Å². The van der Waals surface area contributed by atoms with Crippen molar-refractivity contribution in [2.24, 2.45) is 0 Å². The van der Waals surface area contributed by atoms with Crippen LogP contribution in [0, 0.1) is 0 Å². The first-order valence-electron chi connectivity index (χ1n) is 5.84. The lowest BCUT2D eigenvalue weighted by Gasteiger charge is -2.31. The van der Waals surface area contributed by atoms with Gasteiger partial charge in [-0.1, -0.05) is 30.3 Å². The van der Waals surface area contributed by atoms with Crippen LogP contribution < -0.4 is 5.32 Å². The second kappa shape index (κ2) is 5.66. The zero-order valence-electron chi connectivity index (χ0n) is 9.43. The fourth-order valence-electron chi connectivity index (χ4n) is 2.20. The molecule has 86 valence electrons. The summed E-state index contributed by atoms with van der Waals surface area (Å²) in [4.78, 5) is 12.8. The van der Waals surface area contributed by atoms with E-state index in [1.165, 1.54) is 5.56 Å². The number of nitrogens with zero attached hydrogens (tertiary/aromatic N) is 1. The van der Waals surface area contributed by atoms with Gasteiger partial charge in [0.05, 0.1) is 0 Å². The second-order valence-corrected chi connectivity index (χ2v) is 4.32. The Kier molecular flexibility index (Phi) is 3.94. The van der Waals surface area contributed by atoms with Crippen molar-refractivity contribution in [1.82, 2.24) is 10.2 Å². The summed E-state index contributed by atoms with van der Waals surface area (Å²) in [5.41, 5.74) is 1.37. The van der Waals surface area contributed by atoms with E-state index >= 15 is 0 Å². The topological polar surface area (TPSA) is 32.3 Å². The van der Waals surface area contributed by atoms with Gasteiger partial charge in [0.15, 0.2) is 0 Å². The molecule has 1 aliphatic heterocycles. The first-order chi connectivity index (χ1) is 7.88. The number of hydrogen-bond acceptors (Lipinski definition) is 2. The third-order valence-electron chi connectivity index (χ3n) is 3.14.